The average Bonchev–Trinajstić information content (AvgIpc) is 2.48. The van der Waals surface area contributed by atoms with Crippen LogP contribution in [0, 0.1) is 11.8 Å². The number of hydrogen-bond donors (Lipinski definition) is 5. The predicted molar refractivity (Wildman–Crippen MR) is 110 cm³/mol. The summed E-state index contributed by atoms with van der Waals surface area (Å²) in [6, 6.07) is 0. The largest absolute Gasteiger partial charge is 0.481 e. The van der Waals surface area contributed by atoms with Gasteiger partial charge in [0, 0.05) is 12.8 Å². The van der Waals surface area contributed by atoms with E-state index in [0.29, 0.717) is 0 Å². The highest BCUT2D eigenvalue weighted by Gasteiger charge is 2.39. The molecule has 0 rings (SSSR count). The van der Waals surface area contributed by atoms with Gasteiger partial charge in [-0.2, -0.15) is 0 Å². The molecule has 0 spiro atoms. The number of hydrogen-bond acceptors (Lipinski definition) is 7. The van der Waals surface area contributed by atoms with E-state index in [1.54, 1.807) is 42.3 Å². The number of aliphatic hydroxyl groups excluding tert-OH is 3. The van der Waals surface area contributed by atoms with E-state index in [0.717, 1.165) is 0 Å². The summed E-state index contributed by atoms with van der Waals surface area (Å²) in [6.07, 6.45) is -5.55. The molecule has 31 heavy (non-hydrogen) atoms. The predicted octanol–water partition coefficient (Wildman–Crippen LogP) is -1.81. The Balaban J connectivity index is 5.01. The summed E-state index contributed by atoms with van der Waals surface area (Å²) in [6.45, 7) is 0.0238. The van der Waals surface area contributed by atoms with Crippen LogP contribution in [0.2, 0.25) is 0 Å². The molecule has 11 nitrogen and oxygen atoms in total. The zero-order valence-corrected chi connectivity index (χ0v) is 19.2. The minimum absolute atomic E-state index is 0.00174. The first-order valence-corrected chi connectivity index (χ1v) is 10.0. The maximum absolute atomic E-state index is 12.3. The Labute approximate surface area is 182 Å². The topological polar surface area (TPSA) is 169 Å². The van der Waals surface area contributed by atoms with Gasteiger partial charge in [-0.1, -0.05) is 0 Å². The molecule has 0 aliphatic rings. The van der Waals surface area contributed by atoms with Crippen LogP contribution >= 0.6 is 0 Å². The van der Waals surface area contributed by atoms with Crippen LogP contribution in [0.1, 0.15) is 19.3 Å². The van der Waals surface area contributed by atoms with E-state index in [2.05, 4.69) is 0 Å². The Kier molecular flexibility index (Phi) is 10.9. The number of aliphatic carboxylic acids is 2. The van der Waals surface area contributed by atoms with Crippen molar-refractivity contribution in [2.75, 3.05) is 55.4 Å². The van der Waals surface area contributed by atoms with Gasteiger partial charge in [0.05, 0.1) is 48.4 Å². The van der Waals surface area contributed by atoms with Gasteiger partial charge in [0.2, 0.25) is 0 Å². The van der Waals surface area contributed by atoms with Crippen molar-refractivity contribution in [3.63, 3.8) is 0 Å². The molecule has 5 atom stereocenters. The fourth-order valence-corrected chi connectivity index (χ4v) is 3.29. The van der Waals surface area contributed by atoms with E-state index in [1.807, 2.05) is 0 Å². The van der Waals surface area contributed by atoms with Crippen molar-refractivity contribution < 1.29 is 53.7 Å². The van der Waals surface area contributed by atoms with Crippen molar-refractivity contribution >= 4 is 23.5 Å². The Morgan fingerprint density at radius 3 is 1.35 bits per heavy atom. The van der Waals surface area contributed by atoms with Crippen LogP contribution in [0.25, 0.3) is 0 Å². The van der Waals surface area contributed by atoms with Crippen molar-refractivity contribution in [2.45, 2.75) is 37.6 Å². The molecule has 0 heterocycles. The van der Waals surface area contributed by atoms with E-state index in [-0.39, 0.29) is 28.5 Å². The fraction of sp³-hybridized carbons (Fsp3) is 0.800. The number of aliphatic hydroxyl groups is 3. The van der Waals surface area contributed by atoms with Gasteiger partial charge in [-0.3, -0.25) is 19.2 Å². The lowest BCUT2D eigenvalue weighted by molar-refractivity contribution is -0.873. The lowest BCUT2D eigenvalue weighted by Gasteiger charge is -2.29. The van der Waals surface area contributed by atoms with Crippen LogP contribution in [-0.4, -0.2) is 132 Å². The van der Waals surface area contributed by atoms with Crippen LogP contribution in [0.15, 0.2) is 0 Å². The SMILES string of the molecule is C[N+](C)(C)CC(O)C(C(=O)O)C(=O)CCC(O)CC(=O)C(C(=O)O)C(O)C[N+](C)(C)C. The van der Waals surface area contributed by atoms with E-state index in [4.69, 9.17) is 0 Å². The highest BCUT2D eigenvalue weighted by Crippen LogP contribution is 2.17. The second-order valence-corrected chi connectivity index (χ2v) is 10.0. The van der Waals surface area contributed by atoms with Gasteiger partial charge in [-0.25, -0.2) is 0 Å². The highest BCUT2D eigenvalue weighted by atomic mass is 16.4. The number of Topliss-reactive ketones (excluding diaryl/α,β-unsaturated/α-hetero) is 2. The molecular formula is C20H38N2O9+2. The van der Waals surface area contributed by atoms with Gasteiger partial charge < -0.3 is 34.5 Å². The van der Waals surface area contributed by atoms with E-state index >= 15 is 0 Å². The maximum atomic E-state index is 12.3. The molecule has 0 aromatic heterocycles. The molecule has 0 saturated carbocycles. The molecule has 0 fully saturated rings. The summed E-state index contributed by atoms with van der Waals surface area (Å²) in [5.41, 5.74) is 0. The zero-order valence-electron chi connectivity index (χ0n) is 19.2. The molecule has 0 aromatic rings. The lowest BCUT2D eigenvalue weighted by Crippen LogP contribution is -2.48. The molecule has 0 aliphatic carbocycles. The van der Waals surface area contributed by atoms with Crippen LogP contribution in [0.5, 0.6) is 0 Å². The van der Waals surface area contributed by atoms with Gasteiger partial charge in [0.15, 0.2) is 5.78 Å². The maximum Gasteiger partial charge on any atom is 0.316 e. The fourth-order valence-electron chi connectivity index (χ4n) is 3.29. The Morgan fingerprint density at radius 2 is 1.03 bits per heavy atom. The number of carbonyl (C=O) groups is 4. The molecule has 11 heteroatoms. The monoisotopic (exact) mass is 450 g/mol. The second-order valence-electron chi connectivity index (χ2n) is 10.0. The van der Waals surface area contributed by atoms with Crippen molar-refractivity contribution in [1.29, 1.82) is 0 Å². The first-order valence-electron chi connectivity index (χ1n) is 10.0. The first-order chi connectivity index (χ1) is 13.9. The molecule has 5 unspecified atom stereocenters. The number of nitrogens with zero attached hydrogens (tertiary/aromatic N) is 2. The normalized spacial score (nSPS) is 17.3. The molecule has 0 radical (unpaired) electrons. The van der Waals surface area contributed by atoms with Crippen LogP contribution in [-0.2, 0) is 19.2 Å². The minimum Gasteiger partial charge on any atom is -0.481 e. The Hall–Kier alpha value is -1.92. The van der Waals surface area contributed by atoms with Crippen LogP contribution < -0.4 is 0 Å². The van der Waals surface area contributed by atoms with Gasteiger partial charge in [0.25, 0.3) is 0 Å². The second kappa shape index (κ2) is 11.6. The Bertz CT molecular complexity index is 652. The van der Waals surface area contributed by atoms with Crippen molar-refractivity contribution in [1.82, 2.24) is 0 Å². The van der Waals surface area contributed by atoms with Crippen molar-refractivity contribution in [3.8, 4) is 0 Å². The number of likely N-dealkylation sites (N-methyl/N-ethyl adjacent to an activating group) is 2. The van der Waals surface area contributed by atoms with Crippen LogP contribution in [0.4, 0.5) is 0 Å². The number of carbonyl (C=O) groups excluding carboxylic acids is 2. The summed E-state index contributed by atoms with van der Waals surface area (Å²) in [5, 5.41) is 49.0. The third-order valence-corrected chi connectivity index (χ3v) is 4.63. The van der Waals surface area contributed by atoms with Crippen molar-refractivity contribution in [2.24, 2.45) is 11.8 Å². The first kappa shape index (κ1) is 29.1. The average molecular weight is 451 g/mol. The van der Waals surface area contributed by atoms with Gasteiger partial charge in [0.1, 0.15) is 42.9 Å². The summed E-state index contributed by atoms with van der Waals surface area (Å²) < 4.78 is 0.461. The third kappa shape index (κ3) is 11.3. The van der Waals surface area contributed by atoms with Gasteiger partial charge >= 0.3 is 11.9 Å². The Morgan fingerprint density at radius 1 is 0.677 bits per heavy atom. The summed E-state index contributed by atoms with van der Waals surface area (Å²) >= 11 is 0. The number of quaternary nitrogens is 2. The number of rotatable bonds is 15. The summed E-state index contributed by atoms with van der Waals surface area (Å²) in [5.74, 6) is -8.05. The molecule has 0 aromatic carbocycles. The number of carboxylic acid groups (broad SMARTS) is 2. The summed E-state index contributed by atoms with van der Waals surface area (Å²) in [4.78, 5) is 47.6. The molecule has 0 bridgehead atoms. The molecule has 180 valence electrons. The quantitative estimate of drug-likeness (QED) is 0.143. The lowest BCUT2D eigenvalue weighted by atomic mass is 9.89. The van der Waals surface area contributed by atoms with E-state index in [1.165, 1.54) is 0 Å². The molecule has 0 aliphatic heterocycles. The van der Waals surface area contributed by atoms with E-state index < -0.39 is 66.5 Å². The van der Waals surface area contributed by atoms with Gasteiger partial charge in [-0.05, 0) is 6.42 Å². The highest BCUT2D eigenvalue weighted by molar-refractivity contribution is 6.00. The molecule has 0 amide bonds. The molecular weight excluding hydrogens is 412 g/mol. The number of ketones is 2. The number of carboxylic acids is 2. The molecule has 0 saturated heterocycles. The molecule has 5 N–H and O–H groups in total. The third-order valence-electron chi connectivity index (χ3n) is 4.63. The van der Waals surface area contributed by atoms with Crippen molar-refractivity contribution in [3.05, 3.63) is 0 Å². The summed E-state index contributed by atoms with van der Waals surface area (Å²) in [7, 11) is 10.4. The van der Waals surface area contributed by atoms with Gasteiger partial charge in [-0.15, -0.1) is 0 Å². The standard InChI is InChI=1S/C20H36N2O9/c1-21(2,3)10-15(26)17(19(28)29)13(24)8-7-12(23)9-14(25)18(20(30)31)16(27)11-22(4,5)6/h12,15-18,23,26-27H,7-11H2,1-6H3/p+2. The smallest absolute Gasteiger partial charge is 0.316 e. The van der Waals surface area contributed by atoms with Crippen LogP contribution in [0.3, 0.4) is 0 Å². The van der Waals surface area contributed by atoms with E-state index in [9.17, 15) is 44.7 Å². The zero-order chi connectivity index (χ0) is 24.7. The minimum atomic E-state index is -1.72.